The van der Waals surface area contributed by atoms with Crippen LogP contribution in [0.15, 0.2) is 23.3 Å². The standard InChI is InChI=1S/C18H32N4.HI/c1-6-19-18(22-16(5)8-7-14(2)3)20-12-11-17-10-9-15(4)21-13-17;/h9-10,13-14,16H,6-8,11-12H2,1-5H3,(H2,19,20,22);1H. The molecule has 0 spiro atoms. The van der Waals surface area contributed by atoms with Gasteiger partial charge in [0.1, 0.15) is 0 Å². The summed E-state index contributed by atoms with van der Waals surface area (Å²) in [5.74, 6) is 1.66. The van der Waals surface area contributed by atoms with Gasteiger partial charge in [-0.1, -0.05) is 19.9 Å². The molecule has 1 atom stereocenters. The summed E-state index contributed by atoms with van der Waals surface area (Å²) in [7, 11) is 0. The number of nitrogens with one attached hydrogen (secondary N) is 2. The van der Waals surface area contributed by atoms with E-state index < -0.39 is 0 Å². The molecule has 23 heavy (non-hydrogen) atoms. The van der Waals surface area contributed by atoms with Crippen LogP contribution in [0.25, 0.3) is 0 Å². The van der Waals surface area contributed by atoms with Gasteiger partial charge in [-0.2, -0.15) is 0 Å². The molecule has 1 heterocycles. The van der Waals surface area contributed by atoms with Crippen molar-refractivity contribution in [1.82, 2.24) is 15.6 Å². The highest BCUT2D eigenvalue weighted by atomic mass is 127. The Morgan fingerprint density at radius 2 is 1.96 bits per heavy atom. The molecule has 0 saturated carbocycles. The summed E-state index contributed by atoms with van der Waals surface area (Å²) < 4.78 is 0. The number of guanidine groups is 1. The topological polar surface area (TPSA) is 49.3 Å². The minimum atomic E-state index is 0. The van der Waals surface area contributed by atoms with Crippen LogP contribution >= 0.6 is 24.0 Å². The number of pyridine rings is 1. The first-order valence-corrected chi connectivity index (χ1v) is 8.47. The fourth-order valence-electron chi connectivity index (χ4n) is 2.15. The Labute approximate surface area is 159 Å². The van der Waals surface area contributed by atoms with Crippen LogP contribution in [0, 0.1) is 12.8 Å². The minimum absolute atomic E-state index is 0. The predicted molar refractivity (Wildman–Crippen MR) is 111 cm³/mol. The molecule has 1 unspecified atom stereocenters. The van der Waals surface area contributed by atoms with Crippen molar-refractivity contribution in [1.29, 1.82) is 0 Å². The second-order valence-electron chi connectivity index (χ2n) is 6.34. The summed E-state index contributed by atoms with van der Waals surface area (Å²) in [4.78, 5) is 8.99. The van der Waals surface area contributed by atoms with E-state index in [9.17, 15) is 0 Å². The molecule has 5 heteroatoms. The zero-order valence-electron chi connectivity index (χ0n) is 15.2. The van der Waals surface area contributed by atoms with Crippen LogP contribution in [0.5, 0.6) is 0 Å². The molecule has 0 aliphatic rings. The lowest BCUT2D eigenvalue weighted by Gasteiger charge is -2.18. The fourth-order valence-corrected chi connectivity index (χ4v) is 2.15. The zero-order valence-corrected chi connectivity index (χ0v) is 17.6. The molecule has 0 radical (unpaired) electrons. The molecule has 0 aliphatic carbocycles. The maximum atomic E-state index is 4.66. The molecule has 1 aromatic rings. The molecule has 0 aromatic carbocycles. The van der Waals surface area contributed by atoms with E-state index >= 15 is 0 Å². The average molecular weight is 432 g/mol. The first-order chi connectivity index (χ1) is 10.5. The number of aryl methyl sites for hydroxylation is 1. The molecule has 132 valence electrons. The van der Waals surface area contributed by atoms with Crippen LogP contribution in [0.4, 0.5) is 0 Å². The van der Waals surface area contributed by atoms with Gasteiger partial charge in [0.05, 0.1) is 0 Å². The second kappa shape index (κ2) is 12.6. The van der Waals surface area contributed by atoms with Crippen LogP contribution in [0.1, 0.15) is 51.8 Å². The third kappa shape index (κ3) is 10.5. The zero-order chi connectivity index (χ0) is 16.4. The van der Waals surface area contributed by atoms with E-state index in [4.69, 9.17) is 0 Å². The molecular formula is C18H33IN4. The van der Waals surface area contributed by atoms with E-state index in [1.54, 1.807) is 0 Å². The van der Waals surface area contributed by atoms with E-state index in [-0.39, 0.29) is 24.0 Å². The van der Waals surface area contributed by atoms with E-state index in [1.165, 1.54) is 18.4 Å². The molecule has 2 N–H and O–H groups in total. The number of hydrogen-bond donors (Lipinski definition) is 2. The Balaban J connectivity index is 0.00000484. The van der Waals surface area contributed by atoms with Gasteiger partial charge in [-0.3, -0.25) is 9.98 Å². The highest BCUT2D eigenvalue weighted by molar-refractivity contribution is 14.0. The Kier molecular flexibility index (Phi) is 12.1. The van der Waals surface area contributed by atoms with Crippen molar-refractivity contribution in [3.8, 4) is 0 Å². The van der Waals surface area contributed by atoms with E-state index in [2.05, 4.69) is 60.4 Å². The summed E-state index contributed by atoms with van der Waals surface area (Å²) >= 11 is 0. The highest BCUT2D eigenvalue weighted by Crippen LogP contribution is 2.06. The number of rotatable bonds is 8. The van der Waals surface area contributed by atoms with Crippen molar-refractivity contribution in [2.75, 3.05) is 13.1 Å². The smallest absolute Gasteiger partial charge is 0.191 e. The number of aliphatic imine (C=N–C) groups is 1. The van der Waals surface area contributed by atoms with Crippen molar-refractivity contribution in [2.24, 2.45) is 10.9 Å². The molecule has 0 amide bonds. The van der Waals surface area contributed by atoms with Crippen LogP contribution in [0.2, 0.25) is 0 Å². The van der Waals surface area contributed by atoms with Crippen molar-refractivity contribution in [3.63, 3.8) is 0 Å². The summed E-state index contributed by atoms with van der Waals surface area (Å²) in [6, 6.07) is 4.63. The highest BCUT2D eigenvalue weighted by Gasteiger charge is 2.06. The molecule has 4 nitrogen and oxygen atoms in total. The van der Waals surface area contributed by atoms with Crippen molar-refractivity contribution < 1.29 is 0 Å². The monoisotopic (exact) mass is 432 g/mol. The molecule has 1 aromatic heterocycles. The fraction of sp³-hybridized carbons (Fsp3) is 0.667. The minimum Gasteiger partial charge on any atom is -0.357 e. The normalized spacial score (nSPS) is 12.7. The summed E-state index contributed by atoms with van der Waals surface area (Å²) in [6.45, 7) is 12.5. The summed E-state index contributed by atoms with van der Waals surface area (Å²) in [5, 5.41) is 6.81. The largest absolute Gasteiger partial charge is 0.357 e. The lowest BCUT2D eigenvalue weighted by molar-refractivity contribution is 0.489. The third-order valence-electron chi connectivity index (χ3n) is 3.55. The molecule has 0 aliphatic heterocycles. The van der Waals surface area contributed by atoms with Gasteiger partial charge in [0, 0.05) is 31.0 Å². The van der Waals surface area contributed by atoms with Crippen molar-refractivity contribution in [3.05, 3.63) is 29.6 Å². The van der Waals surface area contributed by atoms with Gasteiger partial charge >= 0.3 is 0 Å². The summed E-state index contributed by atoms with van der Waals surface area (Å²) in [5.41, 5.74) is 2.29. The molecule has 0 bridgehead atoms. The number of nitrogens with zero attached hydrogens (tertiary/aromatic N) is 2. The maximum Gasteiger partial charge on any atom is 0.191 e. The predicted octanol–water partition coefficient (Wildman–Crippen LogP) is 3.93. The van der Waals surface area contributed by atoms with Gasteiger partial charge in [-0.15, -0.1) is 24.0 Å². The van der Waals surface area contributed by atoms with Gasteiger partial charge in [0.15, 0.2) is 5.96 Å². The second-order valence-corrected chi connectivity index (χ2v) is 6.34. The van der Waals surface area contributed by atoms with E-state index in [1.807, 2.05) is 13.1 Å². The van der Waals surface area contributed by atoms with Gasteiger partial charge in [0.2, 0.25) is 0 Å². The molecule has 0 saturated heterocycles. The van der Waals surface area contributed by atoms with Gasteiger partial charge in [0.25, 0.3) is 0 Å². The van der Waals surface area contributed by atoms with E-state index in [0.29, 0.717) is 6.04 Å². The number of hydrogen-bond acceptors (Lipinski definition) is 2. The molecule has 1 rings (SSSR count). The van der Waals surface area contributed by atoms with Crippen LogP contribution in [-0.4, -0.2) is 30.1 Å². The van der Waals surface area contributed by atoms with Crippen LogP contribution in [-0.2, 0) is 6.42 Å². The Hall–Kier alpha value is -0.850. The van der Waals surface area contributed by atoms with Gasteiger partial charge in [-0.05, 0) is 57.6 Å². The maximum absolute atomic E-state index is 4.66. The quantitative estimate of drug-likeness (QED) is 0.372. The lowest BCUT2D eigenvalue weighted by atomic mass is 10.0. The first-order valence-electron chi connectivity index (χ1n) is 8.47. The SMILES string of the molecule is CCNC(=NCCc1ccc(C)nc1)NC(C)CCC(C)C.I. The number of halogens is 1. The Morgan fingerprint density at radius 1 is 1.22 bits per heavy atom. The molecule has 0 fully saturated rings. The Morgan fingerprint density at radius 3 is 2.52 bits per heavy atom. The van der Waals surface area contributed by atoms with Crippen molar-refractivity contribution in [2.45, 2.75) is 59.9 Å². The first kappa shape index (κ1) is 22.1. The Bertz CT molecular complexity index is 443. The average Bonchev–Trinajstić information content (AvgIpc) is 2.47. The summed E-state index contributed by atoms with van der Waals surface area (Å²) in [6.07, 6.45) is 5.27. The van der Waals surface area contributed by atoms with Crippen LogP contribution < -0.4 is 10.6 Å². The lowest BCUT2D eigenvalue weighted by Crippen LogP contribution is -2.42. The van der Waals surface area contributed by atoms with Gasteiger partial charge < -0.3 is 10.6 Å². The van der Waals surface area contributed by atoms with Crippen LogP contribution in [0.3, 0.4) is 0 Å². The number of aromatic nitrogens is 1. The molecular weight excluding hydrogens is 399 g/mol. The third-order valence-corrected chi connectivity index (χ3v) is 3.55. The van der Waals surface area contributed by atoms with E-state index in [0.717, 1.165) is 37.1 Å². The van der Waals surface area contributed by atoms with Gasteiger partial charge in [-0.25, -0.2) is 0 Å². The van der Waals surface area contributed by atoms with Crippen molar-refractivity contribution >= 4 is 29.9 Å².